The summed E-state index contributed by atoms with van der Waals surface area (Å²) >= 11 is 1.26. The van der Waals surface area contributed by atoms with Gasteiger partial charge >= 0.3 is 5.97 Å². The Labute approximate surface area is 133 Å². The van der Waals surface area contributed by atoms with Crippen LogP contribution in [0.1, 0.15) is 31.2 Å². The van der Waals surface area contributed by atoms with Crippen LogP contribution in [0.5, 0.6) is 5.88 Å². The lowest BCUT2D eigenvalue weighted by atomic mass is 9.72. The van der Waals surface area contributed by atoms with E-state index in [2.05, 4.69) is 4.37 Å². The van der Waals surface area contributed by atoms with Crippen LogP contribution in [0.3, 0.4) is 0 Å². The van der Waals surface area contributed by atoms with Crippen molar-refractivity contribution in [3.8, 4) is 5.88 Å². The topological polar surface area (TPSA) is 79.7 Å². The molecule has 2 saturated carbocycles. The molecule has 120 valence electrons. The van der Waals surface area contributed by atoms with E-state index in [-0.39, 0.29) is 11.8 Å². The third kappa shape index (κ3) is 2.18. The third-order valence-corrected chi connectivity index (χ3v) is 5.83. The van der Waals surface area contributed by atoms with E-state index in [1.165, 1.54) is 23.5 Å². The van der Waals surface area contributed by atoms with Gasteiger partial charge in [-0.1, -0.05) is 6.42 Å². The number of aliphatic carboxylic acids is 1. The normalized spacial score (nSPS) is 29.5. The fourth-order valence-corrected chi connectivity index (χ4v) is 4.78. The summed E-state index contributed by atoms with van der Waals surface area (Å²) in [5.74, 6) is -0.377. The fraction of sp³-hybridized carbons (Fsp3) is 0.667. The van der Waals surface area contributed by atoms with Crippen molar-refractivity contribution >= 4 is 23.4 Å². The summed E-state index contributed by atoms with van der Waals surface area (Å²) in [4.78, 5) is 26.3. The summed E-state index contributed by atoms with van der Waals surface area (Å²) in [6, 6.07) is 0. The lowest BCUT2D eigenvalue weighted by molar-refractivity contribution is -0.164. The van der Waals surface area contributed by atoms with Crippen LogP contribution in [0, 0.1) is 17.3 Å². The zero-order chi connectivity index (χ0) is 15.9. The molecule has 1 heterocycles. The molecule has 1 N–H and O–H groups in total. The molecule has 2 bridgehead atoms. The molecule has 1 aromatic rings. The van der Waals surface area contributed by atoms with Crippen LogP contribution in [0.25, 0.3) is 0 Å². The minimum Gasteiger partial charge on any atom is -0.480 e. The van der Waals surface area contributed by atoms with E-state index >= 15 is 0 Å². The number of hydrogen-bond acceptors (Lipinski definition) is 5. The largest absolute Gasteiger partial charge is 0.480 e. The number of amides is 1. The molecule has 0 radical (unpaired) electrons. The molecule has 2 aliphatic carbocycles. The van der Waals surface area contributed by atoms with E-state index < -0.39 is 11.4 Å². The van der Waals surface area contributed by atoms with Gasteiger partial charge < -0.3 is 14.7 Å². The van der Waals surface area contributed by atoms with Gasteiger partial charge in [0.2, 0.25) is 11.8 Å². The molecule has 3 unspecified atom stereocenters. The van der Waals surface area contributed by atoms with Crippen molar-refractivity contribution in [3.05, 3.63) is 10.9 Å². The highest BCUT2D eigenvalue weighted by Gasteiger charge is 2.61. The van der Waals surface area contributed by atoms with Crippen LogP contribution >= 0.6 is 11.5 Å². The molecule has 0 aliphatic heterocycles. The predicted molar refractivity (Wildman–Crippen MR) is 80.7 cm³/mol. The van der Waals surface area contributed by atoms with Crippen molar-refractivity contribution in [3.63, 3.8) is 0 Å². The first-order valence-corrected chi connectivity index (χ1v) is 8.29. The van der Waals surface area contributed by atoms with E-state index in [1.807, 2.05) is 5.38 Å². The number of hydrogen-bond donors (Lipinski definition) is 1. The zero-order valence-corrected chi connectivity index (χ0v) is 13.6. The monoisotopic (exact) mass is 324 g/mol. The number of carboxylic acid groups (broad SMARTS) is 1. The van der Waals surface area contributed by atoms with Gasteiger partial charge in [-0.3, -0.25) is 9.59 Å². The first-order chi connectivity index (χ1) is 10.5. The number of carbonyl (C=O) groups is 2. The molecule has 0 spiro atoms. The van der Waals surface area contributed by atoms with Crippen molar-refractivity contribution in [2.45, 2.75) is 32.2 Å². The molecule has 2 aliphatic rings. The Hall–Kier alpha value is -1.63. The standard InChI is InChI=1S/C15H20N2O4S/c1-17(7-10-8-22-16-12(10)21-2)13(18)15(14(19)20)6-9-3-4-11(15)5-9/h8-9,11H,3-7H2,1-2H3,(H,19,20). The maximum atomic E-state index is 12.9. The molecule has 3 rings (SSSR count). The number of aromatic nitrogens is 1. The number of fused-ring (bicyclic) bond motifs is 2. The van der Waals surface area contributed by atoms with Crippen molar-refractivity contribution in [1.29, 1.82) is 0 Å². The second-order valence-corrected chi connectivity index (χ2v) is 7.00. The van der Waals surface area contributed by atoms with Crippen molar-refractivity contribution < 1.29 is 19.4 Å². The molecule has 6 nitrogen and oxygen atoms in total. The van der Waals surface area contributed by atoms with Crippen LogP contribution in [0.2, 0.25) is 0 Å². The Bertz CT molecular complexity index is 602. The van der Waals surface area contributed by atoms with Gasteiger partial charge in [0.05, 0.1) is 13.7 Å². The van der Waals surface area contributed by atoms with E-state index in [0.29, 0.717) is 24.8 Å². The van der Waals surface area contributed by atoms with Gasteiger partial charge in [-0.25, -0.2) is 0 Å². The minimum absolute atomic E-state index is 0.0209. The predicted octanol–water partition coefficient (Wildman–Crippen LogP) is 2.00. The molecule has 1 aromatic heterocycles. The van der Waals surface area contributed by atoms with Gasteiger partial charge in [-0.15, -0.1) is 0 Å². The molecule has 22 heavy (non-hydrogen) atoms. The molecular weight excluding hydrogens is 304 g/mol. The van der Waals surface area contributed by atoms with Crippen LogP contribution in [0.15, 0.2) is 5.38 Å². The highest BCUT2D eigenvalue weighted by molar-refractivity contribution is 7.03. The highest BCUT2D eigenvalue weighted by atomic mass is 32.1. The summed E-state index contributed by atoms with van der Waals surface area (Å²) in [6.45, 7) is 0.324. The van der Waals surface area contributed by atoms with Gasteiger partial charge in [-0.05, 0) is 42.6 Å². The molecule has 1 amide bonds. The molecule has 7 heteroatoms. The molecule has 0 saturated heterocycles. The lowest BCUT2D eigenvalue weighted by Crippen LogP contribution is -2.50. The first kappa shape index (κ1) is 15.3. The SMILES string of the molecule is COc1nscc1CN(C)C(=O)C1(C(=O)O)CC2CCC1C2. The van der Waals surface area contributed by atoms with Crippen LogP contribution in [-0.4, -0.2) is 40.4 Å². The zero-order valence-electron chi connectivity index (χ0n) is 12.7. The van der Waals surface area contributed by atoms with E-state index in [1.54, 1.807) is 7.05 Å². The van der Waals surface area contributed by atoms with E-state index in [4.69, 9.17) is 4.74 Å². The molecule has 3 atom stereocenters. The maximum absolute atomic E-state index is 12.9. The van der Waals surface area contributed by atoms with Crippen molar-refractivity contribution in [1.82, 2.24) is 9.27 Å². The number of rotatable bonds is 5. The first-order valence-electron chi connectivity index (χ1n) is 7.45. The van der Waals surface area contributed by atoms with Gasteiger partial charge in [0, 0.05) is 18.0 Å². The van der Waals surface area contributed by atoms with Gasteiger partial charge in [0.1, 0.15) is 5.41 Å². The summed E-state index contributed by atoms with van der Waals surface area (Å²) in [5.41, 5.74) is -0.416. The van der Waals surface area contributed by atoms with E-state index in [0.717, 1.165) is 24.8 Å². The highest BCUT2D eigenvalue weighted by Crippen LogP contribution is 2.56. The number of carbonyl (C=O) groups excluding carboxylic acids is 1. The Kier molecular flexibility index (Phi) is 3.84. The summed E-state index contributed by atoms with van der Waals surface area (Å²) < 4.78 is 9.26. The van der Waals surface area contributed by atoms with Gasteiger partial charge in [0.25, 0.3) is 0 Å². The molecule has 2 fully saturated rings. The van der Waals surface area contributed by atoms with E-state index in [9.17, 15) is 14.7 Å². The second kappa shape index (κ2) is 5.53. The second-order valence-electron chi connectivity index (χ2n) is 6.37. The Morgan fingerprint density at radius 2 is 2.32 bits per heavy atom. The number of methoxy groups -OCH3 is 1. The Morgan fingerprint density at radius 3 is 2.86 bits per heavy atom. The summed E-state index contributed by atoms with van der Waals surface area (Å²) in [7, 11) is 3.20. The average Bonchev–Trinajstić information content (AvgIpc) is 3.21. The quantitative estimate of drug-likeness (QED) is 0.838. The van der Waals surface area contributed by atoms with Crippen molar-refractivity contribution in [2.75, 3.05) is 14.2 Å². The molecular formula is C15H20N2O4S. The summed E-state index contributed by atoms with van der Waals surface area (Å²) in [5, 5.41) is 11.6. The fourth-order valence-electron chi connectivity index (χ4n) is 4.13. The lowest BCUT2D eigenvalue weighted by Gasteiger charge is -2.35. The smallest absolute Gasteiger partial charge is 0.319 e. The minimum atomic E-state index is -1.23. The maximum Gasteiger partial charge on any atom is 0.319 e. The number of carboxylic acids is 1. The average molecular weight is 324 g/mol. The van der Waals surface area contributed by atoms with Crippen molar-refractivity contribution in [2.24, 2.45) is 17.3 Å². The summed E-state index contributed by atoms with van der Waals surface area (Å²) in [6.07, 6.45) is 3.25. The van der Waals surface area contributed by atoms with Gasteiger partial charge in [-0.2, -0.15) is 4.37 Å². The third-order valence-electron chi connectivity index (χ3n) is 5.16. The molecule has 0 aromatic carbocycles. The number of ether oxygens (including phenoxy) is 1. The number of nitrogens with zero attached hydrogens (tertiary/aromatic N) is 2. The van der Waals surface area contributed by atoms with Crippen LogP contribution < -0.4 is 4.74 Å². The Morgan fingerprint density at radius 1 is 1.55 bits per heavy atom. The van der Waals surface area contributed by atoms with Crippen LogP contribution in [-0.2, 0) is 16.1 Å². The van der Waals surface area contributed by atoms with Gasteiger partial charge in [0.15, 0.2) is 0 Å². The van der Waals surface area contributed by atoms with Crippen LogP contribution in [0.4, 0.5) is 0 Å². The Balaban J connectivity index is 1.81.